The molecule has 1 aliphatic heterocycles. The number of rotatable bonds is 1. The molecule has 1 unspecified atom stereocenters. The minimum Gasteiger partial charge on any atom is -0.481 e. The number of carbonyl (C=O) groups is 1. The Balaban J connectivity index is 0.000000576. The fourth-order valence-electron chi connectivity index (χ4n) is 1.80. The van der Waals surface area contributed by atoms with Crippen LogP contribution in [0.15, 0.2) is 36.4 Å². The average molecular weight is 330 g/mol. The van der Waals surface area contributed by atoms with Gasteiger partial charge in [0.2, 0.25) is 0 Å². The van der Waals surface area contributed by atoms with Crippen LogP contribution in [0.2, 0.25) is 0 Å². The Kier molecular flexibility index (Phi) is 8.30. The van der Waals surface area contributed by atoms with Crippen molar-refractivity contribution in [3.8, 4) is 0 Å². The van der Waals surface area contributed by atoms with Crippen molar-refractivity contribution < 1.29 is 15.0 Å². The molecule has 0 aliphatic carbocycles. The van der Waals surface area contributed by atoms with Gasteiger partial charge in [0.15, 0.2) is 0 Å². The number of carboxylic acids is 1. The molecule has 0 bridgehead atoms. The summed E-state index contributed by atoms with van der Waals surface area (Å²) in [6, 6.07) is 10.1. The number of hydrogen-bond donors (Lipinski definition) is 2. The smallest absolute Gasteiger partial charge is 0.300 e. The predicted molar refractivity (Wildman–Crippen MR) is 81.6 cm³/mol. The standard InChI is InChI=1S/C12H15NO.C2H4O2.BrH/c1-13-8-7-11(12(14)9-13)10-5-3-2-4-6-10;1-2(3)4;/h2-7,12,14H,8-9H2,1H3;1H3,(H,3,4);1H. The lowest BCUT2D eigenvalue weighted by molar-refractivity contribution is -0.134. The fraction of sp³-hybridized carbons (Fsp3) is 0.357. The molecule has 2 N–H and O–H groups in total. The summed E-state index contributed by atoms with van der Waals surface area (Å²) >= 11 is 0. The van der Waals surface area contributed by atoms with Gasteiger partial charge in [-0.25, -0.2) is 0 Å². The molecule has 5 heteroatoms. The van der Waals surface area contributed by atoms with E-state index in [0.717, 1.165) is 31.1 Å². The van der Waals surface area contributed by atoms with Crippen LogP contribution in [0.4, 0.5) is 0 Å². The molecule has 1 aromatic rings. The second-order valence-corrected chi connectivity index (χ2v) is 4.28. The first kappa shape index (κ1) is 17.8. The van der Waals surface area contributed by atoms with E-state index in [4.69, 9.17) is 9.90 Å². The van der Waals surface area contributed by atoms with E-state index < -0.39 is 5.97 Å². The van der Waals surface area contributed by atoms with Gasteiger partial charge in [0.1, 0.15) is 0 Å². The van der Waals surface area contributed by atoms with Gasteiger partial charge in [-0.1, -0.05) is 36.4 Å². The van der Waals surface area contributed by atoms with Gasteiger partial charge in [-0.3, -0.25) is 9.69 Å². The zero-order valence-corrected chi connectivity index (χ0v) is 12.8. The van der Waals surface area contributed by atoms with Crippen LogP contribution in [0.3, 0.4) is 0 Å². The second-order valence-electron chi connectivity index (χ2n) is 4.28. The van der Waals surface area contributed by atoms with E-state index in [-0.39, 0.29) is 23.1 Å². The molecule has 2 rings (SSSR count). The Hall–Kier alpha value is -1.17. The maximum absolute atomic E-state index is 9.88. The molecule has 0 saturated carbocycles. The van der Waals surface area contributed by atoms with Gasteiger partial charge in [0, 0.05) is 20.0 Å². The van der Waals surface area contributed by atoms with E-state index in [1.807, 2.05) is 37.4 Å². The van der Waals surface area contributed by atoms with Gasteiger partial charge in [-0.15, -0.1) is 17.0 Å². The topological polar surface area (TPSA) is 60.8 Å². The first-order valence-corrected chi connectivity index (χ1v) is 5.82. The van der Waals surface area contributed by atoms with E-state index in [0.29, 0.717) is 0 Å². The maximum Gasteiger partial charge on any atom is 0.300 e. The van der Waals surface area contributed by atoms with Gasteiger partial charge in [-0.2, -0.15) is 0 Å². The molecule has 0 spiro atoms. The zero-order valence-electron chi connectivity index (χ0n) is 11.1. The largest absolute Gasteiger partial charge is 0.481 e. The van der Waals surface area contributed by atoms with Gasteiger partial charge in [0.05, 0.1) is 6.10 Å². The summed E-state index contributed by atoms with van der Waals surface area (Å²) < 4.78 is 0. The number of hydrogen-bond acceptors (Lipinski definition) is 3. The molecular weight excluding hydrogens is 310 g/mol. The molecule has 1 aromatic carbocycles. The number of aliphatic hydroxyl groups is 1. The third-order valence-electron chi connectivity index (χ3n) is 2.57. The van der Waals surface area contributed by atoms with Gasteiger partial charge in [0.25, 0.3) is 5.97 Å². The van der Waals surface area contributed by atoms with Crippen LogP contribution >= 0.6 is 17.0 Å². The van der Waals surface area contributed by atoms with Crippen molar-refractivity contribution in [1.29, 1.82) is 0 Å². The van der Waals surface area contributed by atoms with Gasteiger partial charge >= 0.3 is 0 Å². The van der Waals surface area contributed by atoms with E-state index >= 15 is 0 Å². The highest BCUT2D eigenvalue weighted by molar-refractivity contribution is 8.93. The molecule has 4 nitrogen and oxygen atoms in total. The lowest BCUT2D eigenvalue weighted by Crippen LogP contribution is -2.34. The monoisotopic (exact) mass is 329 g/mol. The van der Waals surface area contributed by atoms with E-state index in [9.17, 15) is 5.11 Å². The van der Waals surface area contributed by atoms with Crippen LogP contribution in [0, 0.1) is 0 Å². The van der Waals surface area contributed by atoms with Gasteiger partial charge < -0.3 is 10.2 Å². The summed E-state index contributed by atoms with van der Waals surface area (Å²) in [6.45, 7) is 2.72. The van der Waals surface area contributed by atoms with Crippen LogP contribution < -0.4 is 0 Å². The molecule has 1 aliphatic rings. The summed E-state index contributed by atoms with van der Waals surface area (Å²) in [5, 5.41) is 17.3. The summed E-state index contributed by atoms with van der Waals surface area (Å²) in [5.74, 6) is -0.833. The second kappa shape index (κ2) is 8.85. The highest BCUT2D eigenvalue weighted by atomic mass is 79.9. The van der Waals surface area contributed by atoms with E-state index in [2.05, 4.69) is 11.0 Å². The summed E-state index contributed by atoms with van der Waals surface area (Å²) in [4.78, 5) is 11.1. The molecule has 0 saturated heterocycles. The third-order valence-corrected chi connectivity index (χ3v) is 2.57. The van der Waals surface area contributed by atoms with Crippen molar-refractivity contribution >= 4 is 28.5 Å². The molecule has 106 valence electrons. The average Bonchev–Trinajstić information content (AvgIpc) is 2.29. The van der Waals surface area contributed by atoms with Crippen LogP contribution in [-0.2, 0) is 4.79 Å². The Morgan fingerprint density at radius 1 is 1.32 bits per heavy atom. The zero-order chi connectivity index (χ0) is 13.5. The Morgan fingerprint density at radius 2 is 1.84 bits per heavy atom. The number of carboxylic acid groups (broad SMARTS) is 1. The minimum atomic E-state index is -0.833. The SMILES string of the molecule is Br.CC(=O)O.CN1CC=C(c2ccccc2)C(O)C1. The molecule has 0 radical (unpaired) electrons. The van der Waals surface area contributed by atoms with Crippen LogP contribution in [0.5, 0.6) is 0 Å². The predicted octanol–water partition coefficient (Wildman–Crippen LogP) is 2.05. The lowest BCUT2D eigenvalue weighted by atomic mass is 9.97. The van der Waals surface area contributed by atoms with Crippen LogP contribution in [-0.4, -0.2) is 47.3 Å². The molecular formula is C14H20BrNO3. The summed E-state index contributed by atoms with van der Waals surface area (Å²) in [6.07, 6.45) is 1.75. The van der Waals surface area contributed by atoms with Crippen molar-refractivity contribution in [3.05, 3.63) is 42.0 Å². The number of aliphatic carboxylic acids is 1. The molecule has 1 heterocycles. The first-order valence-electron chi connectivity index (χ1n) is 5.82. The number of nitrogens with zero attached hydrogens (tertiary/aromatic N) is 1. The highest BCUT2D eigenvalue weighted by Gasteiger charge is 2.18. The van der Waals surface area contributed by atoms with Crippen molar-refractivity contribution in [2.24, 2.45) is 0 Å². The molecule has 19 heavy (non-hydrogen) atoms. The van der Waals surface area contributed by atoms with Crippen molar-refractivity contribution in [3.63, 3.8) is 0 Å². The fourth-order valence-corrected chi connectivity index (χ4v) is 1.80. The molecule has 0 amide bonds. The van der Waals surface area contributed by atoms with Crippen molar-refractivity contribution in [2.75, 3.05) is 20.1 Å². The van der Waals surface area contributed by atoms with Crippen molar-refractivity contribution in [2.45, 2.75) is 13.0 Å². The number of benzene rings is 1. The minimum absolute atomic E-state index is 0. The quantitative estimate of drug-likeness (QED) is 0.827. The number of halogens is 1. The molecule has 0 aromatic heterocycles. The first-order chi connectivity index (χ1) is 8.50. The van der Waals surface area contributed by atoms with E-state index in [1.165, 1.54) is 0 Å². The third kappa shape index (κ3) is 6.52. The molecule has 0 fully saturated rings. The number of β-amino-alcohol motifs (C(OH)–C–C–N with tert-alkyl or cyclic N) is 1. The van der Waals surface area contributed by atoms with Crippen LogP contribution in [0.25, 0.3) is 5.57 Å². The Labute approximate surface area is 124 Å². The summed E-state index contributed by atoms with van der Waals surface area (Å²) in [5.41, 5.74) is 2.19. The normalized spacial score (nSPS) is 18.5. The van der Waals surface area contributed by atoms with E-state index in [1.54, 1.807) is 0 Å². The highest BCUT2D eigenvalue weighted by Crippen LogP contribution is 2.21. The van der Waals surface area contributed by atoms with Crippen LogP contribution in [0.1, 0.15) is 12.5 Å². The summed E-state index contributed by atoms with van der Waals surface area (Å²) in [7, 11) is 2.02. The Bertz CT molecular complexity index is 416. The molecule has 1 atom stereocenters. The Morgan fingerprint density at radius 3 is 2.32 bits per heavy atom. The number of likely N-dealkylation sites (N-methyl/N-ethyl adjacent to an activating group) is 1. The van der Waals surface area contributed by atoms with Gasteiger partial charge in [-0.05, 0) is 18.2 Å². The maximum atomic E-state index is 9.88. The lowest BCUT2D eigenvalue weighted by Gasteiger charge is -2.27. The number of aliphatic hydroxyl groups excluding tert-OH is 1. The van der Waals surface area contributed by atoms with Crippen molar-refractivity contribution in [1.82, 2.24) is 4.90 Å².